The van der Waals surface area contributed by atoms with Gasteiger partial charge >= 0.3 is 18.6 Å². The molecular weight excluding hydrogens is 243 g/mol. The predicted octanol–water partition coefficient (Wildman–Crippen LogP) is 4.92. The van der Waals surface area contributed by atoms with E-state index in [0.717, 1.165) is 12.8 Å². The molecule has 1 aliphatic rings. The number of benzene rings is 1. The average Bonchev–Trinajstić information content (AvgIpc) is 2.89. The van der Waals surface area contributed by atoms with Crippen LogP contribution in [-0.2, 0) is 18.6 Å². The second-order valence-electron chi connectivity index (χ2n) is 3.51. The number of rotatable bonds is 1. The molecule has 0 spiro atoms. The zero-order chi connectivity index (χ0) is 12.1. The third-order valence-electron chi connectivity index (χ3n) is 1.88. The van der Waals surface area contributed by atoms with Crippen LogP contribution < -0.4 is 0 Å². The fourth-order valence-corrected chi connectivity index (χ4v) is 0.875. The first-order valence-electron chi connectivity index (χ1n) is 5.83. The first kappa shape index (κ1) is 18.6. The molecule has 0 aromatic heterocycles. The van der Waals surface area contributed by atoms with Crippen molar-refractivity contribution >= 4 is 0 Å². The molecular formula is C16H22V. The van der Waals surface area contributed by atoms with Crippen molar-refractivity contribution < 1.29 is 18.6 Å². The molecule has 1 aromatic carbocycles. The Bertz CT molecular complexity index is 274. The zero-order valence-corrected chi connectivity index (χ0v) is 12.3. The van der Waals surface area contributed by atoms with Crippen molar-refractivity contribution in [3.63, 3.8) is 0 Å². The van der Waals surface area contributed by atoms with Gasteiger partial charge in [-0.25, -0.2) is 12.2 Å². The van der Waals surface area contributed by atoms with Crippen LogP contribution in [0.5, 0.6) is 0 Å². The van der Waals surface area contributed by atoms with Gasteiger partial charge in [0.05, 0.1) is 0 Å². The monoisotopic (exact) mass is 265 g/mol. The molecule has 1 aromatic rings. The summed E-state index contributed by atoms with van der Waals surface area (Å²) < 4.78 is 0. The first-order chi connectivity index (χ1) is 7.81. The molecule has 1 heteroatoms. The summed E-state index contributed by atoms with van der Waals surface area (Å²) in [5.74, 6) is 0. The van der Waals surface area contributed by atoms with E-state index in [2.05, 4.69) is 45.1 Å². The van der Waals surface area contributed by atoms with E-state index in [1.807, 2.05) is 30.4 Å². The maximum Gasteiger partial charge on any atom is 2.00 e. The molecule has 0 amide bonds. The summed E-state index contributed by atoms with van der Waals surface area (Å²) in [4.78, 5) is 0. The third kappa shape index (κ3) is 15.3. The van der Waals surface area contributed by atoms with Crippen LogP contribution in [0.15, 0.2) is 48.6 Å². The molecule has 0 bridgehead atoms. The Morgan fingerprint density at radius 3 is 2.00 bits per heavy atom. The summed E-state index contributed by atoms with van der Waals surface area (Å²) in [6.45, 7) is 7.81. The van der Waals surface area contributed by atoms with E-state index >= 15 is 0 Å². The minimum absolute atomic E-state index is 0. The Kier molecular flexibility index (Phi) is 16.8. The van der Waals surface area contributed by atoms with Crippen molar-refractivity contribution in [3.8, 4) is 0 Å². The van der Waals surface area contributed by atoms with Gasteiger partial charge in [-0.1, -0.05) is 49.2 Å². The van der Waals surface area contributed by atoms with Crippen LogP contribution in [-0.4, -0.2) is 0 Å². The molecule has 1 aliphatic carbocycles. The topological polar surface area (TPSA) is 0 Å². The molecule has 0 nitrogen and oxygen atoms in total. The number of allylic oxidation sites excluding steroid dienone is 4. The number of hydrogen-bond acceptors (Lipinski definition) is 0. The van der Waals surface area contributed by atoms with Gasteiger partial charge in [0.15, 0.2) is 0 Å². The zero-order valence-electron chi connectivity index (χ0n) is 10.9. The van der Waals surface area contributed by atoms with E-state index in [1.165, 1.54) is 12.0 Å². The average molecular weight is 265 g/mol. The van der Waals surface area contributed by atoms with Crippen LogP contribution in [0.3, 0.4) is 0 Å². The number of hydrogen-bond donors (Lipinski definition) is 0. The molecule has 0 unspecified atom stereocenters. The van der Waals surface area contributed by atoms with Gasteiger partial charge in [0.25, 0.3) is 0 Å². The Labute approximate surface area is 119 Å². The van der Waals surface area contributed by atoms with Crippen molar-refractivity contribution in [3.05, 3.63) is 67.1 Å². The van der Waals surface area contributed by atoms with Crippen molar-refractivity contribution in [2.75, 3.05) is 0 Å². The fraction of sp³-hybridized carbons (Fsp3) is 0.312. The van der Waals surface area contributed by atoms with E-state index in [9.17, 15) is 0 Å². The second kappa shape index (κ2) is 15.3. The van der Waals surface area contributed by atoms with Crippen molar-refractivity contribution in [1.29, 1.82) is 0 Å². The standard InChI is InChI=1S/C7H8.C5H5.C4H9.V/c1-7-5-3-2-4-6-7;1-2-4-5-3-1;1-3-4-2;/h2-6H,1H3;1-3H,4H2;1,3-4H2,2H3;/q;2*-1;+2. The molecule has 1 radical (unpaired) electrons. The Hall–Kier alpha value is -0.716. The van der Waals surface area contributed by atoms with Gasteiger partial charge in [0.2, 0.25) is 0 Å². The van der Waals surface area contributed by atoms with E-state index in [1.54, 1.807) is 0 Å². The first-order valence-corrected chi connectivity index (χ1v) is 5.83. The minimum Gasteiger partial charge on any atom is -0.343 e. The smallest absolute Gasteiger partial charge is 0.343 e. The Morgan fingerprint density at radius 2 is 1.82 bits per heavy atom. The maximum absolute atomic E-state index is 3.60. The Morgan fingerprint density at radius 1 is 1.24 bits per heavy atom. The van der Waals surface area contributed by atoms with Gasteiger partial charge in [0.1, 0.15) is 0 Å². The molecule has 0 saturated heterocycles. The molecule has 0 fully saturated rings. The van der Waals surface area contributed by atoms with Crippen LogP contribution in [0.4, 0.5) is 0 Å². The molecule has 0 atom stereocenters. The van der Waals surface area contributed by atoms with E-state index in [0.29, 0.717) is 0 Å². The van der Waals surface area contributed by atoms with Crippen LogP contribution in [0, 0.1) is 19.9 Å². The summed E-state index contributed by atoms with van der Waals surface area (Å²) in [5, 5.41) is 0. The normalized spacial score (nSPS) is 10.5. The maximum atomic E-state index is 3.60. The van der Waals surface area contributed by atoms with Gasteiger partial charge in [0, 0.05) is 0 Å². The summed E-state index contributed by atoms with van der Waals surface area (Å²) in [6, 6.07) is 10.3. The van der Waals surface area contributed by atoms with Crippen LogP contribution >= 0.6 is 0 Å². The third-order valence-corrected chi connectivity index (χ3v) is 1.88. The van der Waals surface area contributed by atoms with Gasteiger partial charge in [-0.05, 0) is 6.92 Å². The molecule has 17 heavy (non-hydrogen) atoms. The van der Waals surface area contributed by atoms with Crippen molar-refractivity contribution in [2.24, 2.45) is 0 Å². The quantitative estimate of drug-likeness (QED) is 0.632. The predicted molar refractivity (Wildman–Crippen MR) is 73.0 cm³/mol. The molecule has 0 aliphatic heterocycles. The molecule has 0 saturated carbocycles. The van der Waals surface area contributed by atoms with E-state index < -0.39 is 0 Å². The largest absolute Gasteiger partial charge is 2.00 e. The van der Waals surface area contributed by atoms with Gasteiger partial charge in [-0.2, -0.15) is 12.5 Å². The number of unbranched alkanes of at least 4 members (excludes halogenated alkanes) is 1. The SMILES string of the molecule is Cc1ccccc1.[C-]1=CC=CC1.[CH2-]CCC.[V+2]. The molecule has 0 N–H and O–H groups in total. The van der Waals surface area contributed by atoms with Crippen molar-refractivity contribution in [1.82, 2.24) is 0 Å². The van der Waals surface area contributed by atoms with Gasteiger partial charge in [-0.15, -0.1) is 6.42 Å². The Balaban J connectivity index is 0. The minimum atomic E-state index is 0. The second-order valence-corrected chi connectivity index (χ2v) is 3.51. The molecule has 91 valence electrons. The van der Waals surface area contributed by atoms with E-state index in [-0.39, 0.29) is 18.6 Å². The summed E-state index contributed by atoms with van der Waals surface area (Å²) in [7, 11) is 0. The summed E-state index contributed by atoms with van der Waals surface area (Å²) in [5.41, 5.74) is 1.32. The summed E-state index contributed by atoms with van der Waals surface area (Å²) >= 11 is 0. The van der Waals surface area contributed by atoms with Gasteiger partial charge in [-0.3, -0.25) is 6.08 Å². The van der Waals surface area contributed by atoms with Crippen molar-refractivity contribution in [2.45, 2.75) is 33.1 Å². The van der Waals surface area contributed by atoms with E-state index in [4.69, 9.17) is 0 Å². The summed E-state index contributed by atoms with van der Waals surface area (Å²) in [6.07, 6.45) is 12.3. The molecule has 2 rings (SSSR count). The molecule has 0 heterocycles. The van der Waals surface area contributed by atoms with Gasteiger partial charge < -0.3 is 6.92 Å². The number of aryl methyl sites for hydroxylation is 1. The van der Waals surface area contributed by atoms with Crippen LogP contribution in [0.25, 0.3) is 0 Å². The van der Waals surface area contributed by atoms with Crippen LogP contribution in [0.1, 0.15) is 31.7 Å². The van der Waals surface area contributed by atoms with Crippen LogP contribution in [0.2, 0.25) is 0 Å². The fourth-order valence-electron chi connectivity index (χ4n) is 0.875.